The van der Waals surface area contributed by atoms with Crippen LogP contribution in [-0.4, -0.2) is 25.6 Å². The Morgan fingerprint density at radius 2 is 2.10 bits per heavy atom. The smallest absolute Gasteiger partial charge is 0.321 e. The summed E-state index contributed by atoms with van der Waals surface area (Å²) in [5, 5.41) is 12.5. The molecule has 0 aromatic heterocycles. The van der Waals surface area contributed by atoms with Crippen molar-refractivity contribution in [2.75, 3.05) is 18.5 Å². The summed E-state index contributed by atoms with van der Waals surface area (Å²) in [5.41, 5.74) is -0.0432. The van der Waals surface area contributed by atoms with Gasteiger partial charge in [-0.3, -0.25) is 10.7 Å². The first-order chi connectivity index (χ1) is 9.51. The van der Waals surface area contributed by atoms with E-state index >= 15 is 0 Å². The Bertz CT molecular complexity index is 537. The number of urea groups is 1. The van der Waals surface area contributed by atoms with Gasteiger partial charge in [-0.1, -0.05) is 0 Å². The van der Waals surface area contributed by atoms with E-state index in [1.165, 1.54) is 11.9 Å². The van der Waals surface area contributed by atoms with Crippen LogP contribution in [0, 0.1) is 23.0 Å². The van der Waals surface area contributed by atoms with Crippen LogP contribution in [0.15, 0.2) is 18.2 Å². The summed E-state index contributed by atoms with van der Waals surface area (Å²) >= 11 is 0. The van der Waals surface area contributed by atoms with E-state index in [-0.39, 0.29) is 24.1 Å². The highest BCUT2D eigenvalue weighted by molar-refractivity contribution is 6.03. The van der Waals surface area contributed by atoms with Gasteiger partial charge in [0.05, 0.1) is 5.69 Å². The molecular weight excluding hydrogens is 302 g/mol. The maximum atomic E-state index is 13.8. The fraction of sp³-hybridized carbons (Fsp3) is 0.385. The number of carbonyl (C=O) groups excluding carboxylic acids is 1. The molecule has 3 N–H and O–H groups in total. The first-order valence-electron chi connectivity index (χ1n) is 6.31. The molecule has 2 amide bonds. The zero-order chi connectivity index (χ0) is 14.7. The second-order valence-corrected chi connectivity index (χ2v) is 4.70. The summed E-state index contributed by atoms with van der Waals surface area (Å²) in [5.74, 6) is -1.16. The Hall–Kier alpha value is -1.89. The van der Waals surface area contributed by atoms with E-state index in [1.807, 2.05) is 0 Å². The molecule has 2 rings (SSSR count). The molecule has 0 bridgehead atoms. The van der Waals surface area contributed by atoms with E-state index in [4.69, 9.17) is 5.41 Å². The maximum Gasteiger partial charge on any atom is 0.321 e. The van der Waals surface area contributed by atoms with Gasteiger partial charge in [0.15, 0.2) is 0 Å². The summed E-state index contributed by atoms with van der Waals surface area (Å²) in [6.07, 6.45) is 1.97. The van der Waals surface area contributed by atoms with Gasteiger partial charge in [0.2, 0.25) is 5.96 Å². The molecular formula is C13H17ClF2N4O. The lowest BCUT2D eigenvalue weighted by atomic mass is 10.2. The zero-order valence-corrected chi connectivity index (χ0v) is 12.3. The number of benzene rings is 1. The monoisotopic (exact) mass is 318 g/mol. The summed E-state index contributed by atoms with van der Waals surface area (Å²) in [6.45, 7) is 0.378. The molecule has 0 unspecified atom stereocenters. The molecule has 0 radical (unpaired) electrons. The molecule has 116 valence electrons. The third-order valence-corrected chi connectivity index (χ3v) is 3.07. The topological polar surface area (TPSA) is 68.2 Å². The van der Waals surface area contributed by atoms with Gasteiger partial charge in [0.1, 0.15) is 11.6 Å². The van der Waals surface area contributed by atoms with Gasteiger partial charge in [-0.25, -0.2) is 13.6 Å². The average molecular weight is 319 g/mol. The highest BCUT2D eigenvalue weighted by atomic mass is 35.5. The molecule has 1 aliphatic carbocycles. The minimum absolute atomic E-state index is 0. The lowest BCUT2D eigenvalue weighted by Crippen LogP contribution is -2.47. The van der Waals surface area contributed by atoms with Crippen LogP contribution in [-0.2, 0) is 0 Å². The highest BCUT2D eigenvalue weighted by Gasteiger charge is 2.28. The molecule has 8 heteroatoms. The van der Waals surface area contributed by atoms with E-state index in [0.29, 0.717) is 12.5 Å². The predicted octanol–water partition coefficient (Wildman–Crippen LogP) is 2.47. The van der Waals surface area contributed by atoms with Crippen LogP contribution in [0.1, 0.15) is 12.8 Å². The molecule has 0 saturated heterocycles. The van der Waals surface area contributed by atoms with Crippen LogP contribution in [0.2, 0.25) is 0 Å². The molecule has 1 aromatic rings. The first kappa shape index (κ1) is 17.2. The normalized spacial score (nSPS) is 13.1. The number of amides is 2. The Labute approximate surface area is 127 Å². The number of carbonyl (C=O) groups is 1. The van der Waals surface area contributed by atoms with Crippen molar-refractivity contribution in [3.05, 3.63) is 29.8 Å². The number of hydrogen-bond acceptors (Lipinski definition) is 2. The zero-order valence-electron chi connectivity index (χ0n) is 11.5. The quantitative estimate of drug-likeness (QED) is 0.592. The van der Waals surface area contributed by atoms with Gasteiger partial charge in [-0.05, 0) is 30.9 Å². The standard InChI is InChI=1S/C13H16F2N4O.ClH/c1-17-13(20)18-12(16)19(7-8-2-3-8)11-6-9(14)4-5-10(11)15;/h4-6,8H,2-3,7H2,1H3,(H3,16,17,18,20);1H. The second kappa shape index (κ2) is 7.21. The number of guanidine groups is 1. The number of nitrogens with zero attached hydrogens (tertiary/aromatic N) is 1. The fourth-order valence-corrected chi connectivity index (χ4v) is 1.80. The SMILES string of the molecule is CNC(=O)NC(=N)N(CC1CC1)c1cc(F)ccc1F.Cl. The van der Waals surface area contributed by atoms with Crippen LogP contribution in [0.4, 0.5) is 19.3 Å². The molecule has 0 heterocycles. The van der Waals surface area contributed by atoms with Crippen LogP contribution < -0.4 is 15.5 Å². The van der Waals surface area contributed by atoms with Gasteiger partial charge < -0.3 is 10.2 Å². The minimum atomic E-state index is -0.629. The van der Waals surface area contributed by atoms with Gasteiger partial charge in [0, 0.05) is 19.7 Å². The molecule has 0 aliphatic heterocycles. The fourth-order valence-electron chi connectivity index (χ4n) is 1.80. The van der Waals surface area contributed by atoms with Crippen molar-refractivity contribution in [1.29, 1.82) is 5.41 Å². The van der Waals surface area contributed by atoms with Crippen molar-refractivity contribution >= 4 is 30.1 Å². The van der Waals surface area contributed by atoms with E-state index < -0.39 is 17.7 Å². The second-order valence-electron chi connectivity index (χ2n) is 4.70. The van der Waals surface area contributed by atoms with Crippen LogP contribution in [0.5, 0.6) is 0 Å². The van der Waals surface area contributed by atoms with E-state index in [9.17, 15) is 13.6 Å². The van der Waals surface area contributed by atoms with E-state index in [2.05, 4.69) is 10.6 Å². The van der Waals surface area contributed by atoms with Crippen molar-refractivity contribution in [1.82, 2.24) is 10.6 Å². The van der Waals surface area contributed by atoms with Gasteiger partial charge in [-0.2, -0.15) is 0 Å². The number of nitrogens with one attached hydrogen (secondary N) is 3. The van der Waals surface area contributed by atoms with Crippen molar-refractivity contribution in [3.8, 4) is 0 Å². The van der Waals surface area contributed by atoms with Crippen LogP contribution in [0.25, 0.3) is 0 Å². The Balaban J connectivity index is 0.00000220. The summed E-state index contributed by atoms with van der Waals surface area (Å²) in [4.78, 5) is 12.5. The summed E-state index contributed by atoms with van der Waals surface area (Å²) in [7, 11) is 1.41. The van der Waals surface area contributed by atoms with Gasteiger partial charge >= 0.3 is 6.03 Å². The van der Waals surface area contributed by atoms with Crippen molar-refractivity contribution in [2.24, 2.45) is 5.92 Å². The number of halogens is 3. The lowest BCUT2D eigenvalue weighted by molar-refractivity contribution is 0.247. The molecule has 5 nitrogen and oxygen atoms in total. The summed E-state index contributed by atoms with van der Waals surface area (Å²) < 4.78 is 27.1. The predicted molar refractivity (Wildman–Crippen MR) is 79.0 cm³/mol. The molecule has 0 atom stereocenters. The van der Waals surface area contributed by atoms with E-state index in [0.717, 1.165) is 31.0 Å². The highest BCUT2D eigenvalue weighted by Crippen LogP contribution is 2.32. The Morgan fingerprint density at radius 3 is 2.67 bits per heavy atom. The Kier molecular flexibility index (Phi) is 5.90. The van der Waals surface area contributed by atoms with Crippen LogP contribution >= 0.6 is 12.4 Å². The maximum absolute atomic E-state index is 13.8. The Morgan fingerprint density at radius 1 is 1.43 bits per heavy atom. The largest absolute Gasteiger partial charge is 0.341 e. The van der Waals surface area contributed by atoms with Crippen LogP contribution in [0.3, 0.4) is 0 Å². The first-order valence-corrected chi connectivity index (χ1v) is 6.31. The van der Waals surface area contributed by atoms with Crippen molar-refractivity contribution in [2.45, 2.75) is 12.8 Å². The average Bonchev–Trinajstić information content (AvgIpc) is 3.22. The molecule has 1 aliphatic rings. The lowest BCUT2D eigenvalue weighted by Gasteiger charge is -2.25. The molecule has 1 aromatic carbocycles. The van der Waals surface area contributed by atoms with Crippen molar-refractivity contribution < 1.29 is 13.6 Å². The minimum Gasteiger partial charge on any atom is -0.341 e. The number of rotatable bonds is 3. The molecule has 1 saturated carbocycles. The molecule has 21 heavy (non-hydrogen) atoms. The third kappa shape index (κ3) is 4.56. The molecule has 1 fully saturated rings. The van der Waals surface area contributed by atoms with Gasteiger partial charge in [-0.15, -0.1) is 12.4 Å². The summed E-state index contributed by atoms with van der Waals surface area (Å²) in [6, 6.07) is 2.48. The molecule has 0 spiro atoms. The number of hydrogen-bond donors (Lipinski definition) is 3. The van der Waals surface area contributed by atoms with Gasteiger partial charge in [0.25, 0.3) is 0 Å². The third-order valence-electron chi connectivity index (χ3n) is 3.07. The van der Waals surface area contributed by atoms with Crippen molar-refractivity contribution in [3.63, 3.8) is 0 Å². The number of anilines is 1. The van der Waals surface area contributed by atoms with E-state index in [1.54, 1.807) is 0 Å².